The Balaban J connectivity index is 0.588. The fourth-order valence-electron chi connectivity index (χ4n) is 11.3. The number of halogens is 1. The molecule has 3 aromatic carbocycles. The van der Waals surface area contributed by atoms with Crippen molar-refractivity contribution in [3.63, 3.8) is 0 Å². The number of imidazole rings is 1. The fourth-order valence-corrected chi connectivity index (χ4v) is 12.8. The molecule has 0 aliphatic carbocycles. The number of H-pyrrole nitrogens is 1. The maximum atomic E-state index is 15.0. The van der Waals surface area contributed by atoms with E-state index in [2.05, 4.69) is 58.0 Å². The molecule has 504 valence electrons. The molecule has 7 aromatic rings. The van der Waals surface area contributed by atoms with Crippen LogP contribution in [0.4, 0.5) is 26.4 Å². The van der Waals surface area contributed by atoms with Gasteiger partial charge in [-0.3, -0.25) is 37.9 Å². The van der Waals surface area contributed by atoms with Gasteiger partial charge in [0.15, 0.2) is 40.8 Å². The summed E-state index contributed by atoms with van der Waals surface area (Å²) in [7, 11) is -4.17. The molecule has 3 fully saturated rings. The van der Waals surface area contributed by atoms with E-state index in [-0.39, 0.29) is 91.0 Å². The van der Waals surface area contributed by atoms with E-state index in [9.17, 15) is 52.5 Å². The van der Waals surface area contributed by atoms with Gasteiger partial charge in [0.1, 0.15) is 61.6 Å². The highest BCUT2D eigenvalue weighted by molar-refractivity contribution is 7.40. The Labute approximate surface area is 549 Å². The largest absolute Gasteiger partial charge is 0.698 e. The Morgan fingerprint density at radius 2 is 1.59 bits per heavy atom. The van der Waals surface area contributed by atoms with Crippen molar-refractivity contribution in [3.05, 3.63) is 136 Å². The van der Waals surface area contributed by atoms with Gasteiger partial charge in [-0.15, -0.1) is 9.05 Å². The van der Waals surface area contributed by atoms with Crippen molar-refractivity contribution in [2.45, 2.75) is 134 Å². The molecule has 96 heavy (non-hydrogen) atoms. The first kappa shape index (κ1) is 68.3. The molecule has 3 saturated heterocycles. The second-order valence-corrected chi connectivity index (χ2v) is 25.4. The molecule has 0 spiro atoms. The van der Waals surface area contributed by atoms with E-state index in [1.165, 1.54) is 31.5 Å². The Hall–Kier alpha value is -9.05. The smallest absolute Gasteiger partial charge is 0.445 e. The molecule has 0 radical (unpaired) electrons. The molecule has 30 nitrogen and oxygen atoms in total. The number of aliphatic hydroxyl groups is 1. The zero-order valence-corrected chi connectivity index (χ0v) is 54.2. The summed E-state index contributed by atoms with van der Waals surface area (Å²) < 4.78 is 71.4. The van der Waals surface area contributed by atoms with Crippen LogP contribution in [-0.4, -0.2) is 154 Å². The zero-order chi connectivity index (χ0) is 67.7. The lowest BCUT2D eigenvalue weighted by Crippen LogP contribution is -2.53. The monoisotopic (exact) mass is 1360 g/mol. The topological polar surface area (TPSA) is 373 Å². The van der Waals surface area contributed by atoms with Crippen molar-refractivity contribution in [1.29, 1.82) is 0 Å². The Kier molecular flexibility index (Phi) is 21.9. The number of ether oxygens (including phenoxy) is 3. The zero-order valence-electron chi connectivity index (χ0n) is 52.4. The molecule has 6 amide bonds. The van der Waals surface area contributed by atoms with E-state index in [1.54, 1.807) is 47.6 Å². The summed E-state index contributed by atoms with van der Waals surface area (Å²) in [5, 5.41) is 21.8. The van der Waals surface area contributed by atoms with Crippen LogP contribution in [0.5, 0.6) is 0 Å². The maximum absolute atomic E-state index is 15.0. The summed E-state index contributed by atoms with van der Waals surface area (Å²) in [4.78, 5) is 125. The predicted molar refractivity (Wildman–Crippen MR) is 341 cm³/mol. The van der Waals surface area contributed by atoms with Crippen LogP contribution >= 0.6 is 16.9 Å². The number of hydrogen-bond donors (Lipinski definition) is 7. The van der Waals surface area contributed by atoms with Crippen molar-refractivity contribution in [2.75, 3.05) is 42.3 Å². The first-order valence-electron chi connectivity index (χ1n) is 30.9. The molecule has 33 heteroatoms. The van der Waals surface area contributed by atoms with Gasteiger partial charge in [-0.1, -0.05) is 68.2 Å². The number of carbonyl (C=O) groups excluding carboxylic acids is 6. The highest BCUT2D eigenvalue weighted by Gasteiger charge is 2.53. The molecule has 2 unspecified atom stereocenters. The molecule has 11 rings (SSSR count). The van der Waals surface area contributed by atoms with Gasteiger partial charge in [-0.05, 0) is 73.6 Å². The van der Waals surface area contributed by atoms with E-state index >= 15 is 0 Å². The summed E-state index contributed by atoms with van der Waals surface area (Å²) in [6.07, 6.45) is -2.99. The lowest BCUT2D eigenvalue weighted by atomic mass is 10.0. The first-order chi connectivity index (χ1) is 46.3. The van der Waals surface area contributed by atoms with Gasteiger partial charge in [-0.25, -0.2) is 29.1 Å². The second-order valence-electron chi connectivity index (χ2n) is 23.5. The summed E-state index contributed by atoms with van der Waals surface area (Å²) in [6, 6.07) is 19.9. The van der Waals surface area contributed by atoms with Crippen LogP contribution in [0.3, 0.4) is 0 Å². The molecular weight excluding hydrogens is 1290 g/mol. The van der Waals surface area contributed by atoms with E-state index in [1.807, 2.05) is 48.5 Å². The third kappa shape index (κ3) is 16.1. The van der Waals surface area contributed by atoms with Crippen LogP contribution in [0, 0.1) is 23.6 Å². The minimum Gasteiger partial charge on any atom is -0.445 e. The molecule has 8 heterocycles. The number of amides is 6. The molecular formula is C63H69FN13O17P2+. The van der Waals surface area contributed by atoms with Crippen LogP contribution in [0.15, 0.2) is 103 Å². The standard InChI is InChI=1S/C63H68FN13O17P2/c1-35(2)52(72-47(78)16-9-10-18-49(80)75-27-40-14-6-5-12-38(40)21-22-39-13-7-8-15-43(39)75)61(84)70-36(3)59(82)71-41-23-19-37(20-24-41)29-88-63(85)74(4)25-11-17-48(79)73-56-53-58(67-32-65-56)77(34-69-53)50-26-44-45(91-50)30-89-96(87)94-55-54(81)46(31-90-95(86)93-44)92-62(55)76-28-42(64)51-57(76)66-33-68-60(51)83/h5-8,12-15,19-20,23-24,28,32-36,44-46,50,52,54-55,62,81,86H,9-11,16-18,25-27,29-31H2,1-4H3,(H4-,65,66,67,68,70,71,72,73,78,79,82,83,84)/p+1/t36-,44-,45+,46+,50+,52-,54+,55+,62+,95?/m0/s1. The van der Waals surface area contributed by atoms with Gasteiger partial charge in [0.2, 0.25) is 29.5 Å². The van der Waals surface area contributed by atoms with Gasteiger partial charge in [0.05, 0.1) is 37.6 Å². The van der Waals surface area contributed by atoms with E-state index in [0.717, 1.165) is 39.5 Å². The van der Waals surface area contributed by atoms with Crippen LogP contribution in [0.1, 0.15) is 100 Å². The van der Waals surface area contributed by atoms with E-state index < -0.39 is 120 Å². The summed E-state index contributed by atoms with van der Waals surface area (Å²) in [5.74, 6) is 3.33. The number of anilines is 3. The average molecular weight is 1360 g/mol. The van der Waals surface area contributed by atoms with E-state index in [0.29, 0.717) is 30.6 Å². The fraction of sp³-hybridized carbons (Fsp3) is 0.413. The number of fused-ring (bicyclic) bond motifs is 7. The summed E-state index contributed by atoms with van der Waals surface area (Å²) in [5.41, 5.74) is 3.86. The number of hydrogen-bond acceptors (Lipinski definition) is 21. The minimum atomic E-state index is -3.03. The SMILES string of the molecule is CC(C)[C@H](NC(=O)CCCCC(=O)N1Cc2ccccc2C#Cc2ccccc21)C(=O)N[C@@H](C)C(=O)Nc1ccc(COC(=O)N(C)CCCC(=O)Nc2ncnc3c2ncn3[C@H]2C[C@@H]3OP(O)OC[C@H]4O[C@@H](n5cc(F)c6c(=O)[nH]cnc65)[C@H](O[P+](=O)OC[C@H]3O2)[C@@H]4O)cc1. The number of benzene rings is 3. The van der Waals surface area contributed by atoms with Gasteiger partial charge in [-0.2, -0.15) is 0 Å². The normalized spacial score (nSPS) is 21.9. The highest BCUT2D eigenvalue weighted by atomic mass is 31.2. The number of unbranched alkanes of at least 4 members (excludes halogenated alkanes) is 1. The van der Waals surface area contributed by atoms with Gasteiger partial charge >= 0.3 is 23.0 Å². The Morgan fingerprint density at radius 3 is 2.40 bits per heavy atom. The van der Waals surface area contributed by atoms with Crippen molar-refractivity contribution in [3.8, 4) is 11.8 Å². The van der Waals surface area contributed by atoms with Crippen LogP contribution < -0.4 is 31.7 Å². The lowest BCUT2D eigenvalue weighted by Gasteiger charge is -2.26. The van der Waals surface area contributed by atoms with E-state index in [4.69, 9.17) is 32.3 Å². The molecule has 4 aromatic heterocycles. The molecule has 0 saturated carbocycles. The number of carbonyl (C=O) groups is 6. The number of para-hydroxylation sites is 1. The quantitative estimate of drug-likeness (QED) is 0.0260. The van der Waals surface area contributed by atoms with Crippen molar-refractivity contribution < 1.29 is 80.0 Å². The maximum Gasteiger partial charge on any atom is 0.698 e. The third-order valence-electron chi connectivity index (χ3n) is 16.4. The number of nitrogens with one attached hydrogen (secondary N) is 5. The van der Waals surface area contributed by atoms with Crippen molar-refractivity contribution in [2.24, 2.45) is 5.92 Å². The minimum absolute atomic E-state index is 0.0260. The molecule has 7 N–H and O–H groups in total. The van der Waals surface area contributed by atoms with Gasteiger partial charge < -0.3 is 69.3 Å². The molecule has 4 aliphatic heterocycles. The number of aliphatic hydroxyl groups excluding tert-OH is 1. The summed E-state index contributed by atoms with van der Waals surface area (Å²) >= 11 is 0. The Bertz CT molecular complexity index is 4180. The number of aromatic nitrogens is 7. The van der Waals surface area contributed by atoms with Gasteiger partial charge in [0.25, 0.3) is 5.56 Å². The van der Waals surface area contributed by atoms with Crippen LogP contribution in [0.2, 0.25) is 0 Å². The van der Waals surface area contributed by atoms with Crippen molar-refractivity contribution in [1.82, 2.24) is 49.6 Å². The molecule has 11 atom stereocenters. The number of aromatic amines is 1. The first-order valence-corrected chi connectivity index (χ1v) is 33.1. The average Bonchev–Trinajstić information content (AvgIpc) is 1.61. The summed E-state index contributed by atoms with van der Waals surface area (Å²) in [6.45, 7) is 4.63. The van der Waals surface area contributed by atoms with Crippen LogP contribution in [0.25, 0.3) is 22.2 Å². The molecule has 2 bridgehead atoms. The number of nitrogens with zero attached hydrogens (tertiary/aromatic N) is 8. The lowest BCUT2D eigenvalue weighted by molar-refractivity contribution is -0.131. The predicted octanol–water partition coefficient (Wildman–Crippen LogP) is 6.02. The van der Waals surface area contributed by atoms with Crippen molar-refractivity contribution >= 4 is 91.9 Å². The highest BCUT2D eigenvalue weighted by Crippen LogP contribution is 2.47. The molecule has 4 aliphatic rings. The third-order valence-corrected chi connectivity index (χ3v) is 18.0. The second kappa shape index (κ2) is 30.8. The number of rotatable bonds is 20. The van der Waals surface area contributed by atoms with Gasteiger partial charge in [0, 0.05) is 66.9 Å². The Morgan fingerprint density at radius 1 is 0.844 bits per heavy atom. The van der Waals surface area contributed by atoms with Crippen LogP contribution in [-0.2, 0) is 74.0 Å².